The number of hydrogen-bond acceptors (Lipinski definition) is 10. The van der Waals surface area contributed by atoms with Crippen molar-refractivity contribution in [3.05, 3.63) is 71.1 Å². The number of nitrogens with one attached hydrogen (secondary N) is 1. The van der Waals surface area contributed by atoms with E-state index in [1.54, 1.807) is 31.2 Å². The van der Waals surface area contributed by atoms with Crippen molar-refractivity contribution in [1.82, 2.24) is 19.5 Å². The monoisotopic (exact) mass is 628 g/mol. The molecule has 1 aromatic heterocycles. The Bertz CT molecular complexity index is 1560. The Kier molecular flexibility index (Phi) is 10.5. The summed E-state index contributed by atoms with van der Waals surface area (Å²) >= 11 is 0. The highest BCUT2D eigenvalue weighted by atomic mass is 32.2. The first-order chi connectivity index (χ1) is 20.2. The molecule has 2 aromatic carbocycles. The smallest absolute Gasteiger partial charge is 0.511 e. The predicted octanol–water partition coefficient (Wildman–Crippen LogP) is 3.93. The van der Waals surface area contributed by atoms with Crippen LogP contribution in [0.15, 0.2) is 64.8 Å². The van der Waals surface area contributed by atoms with Crippen molar-refractivity contribution in [2.45, 2.75) is 31.3 Å². The second-order valence-corrected chi connectivity index (χ2v) is 10.4. The molecule has 3 aromatic rings. The van der Waals surface area contributed by atoms with E-state index >= 15 is 0 Å². The number of amides is 1. The molecule has 0 aliphatic carbocycles. The molecule has 0 aliphatic heterocycles. The lowest BCUT2D eigenvalue weighted by molar-refractivity contribution is -0.706. The summed E-state index contributed by atoms with van der Waals surface area (Å²) in [4.78, 5) is 27.4. The third-order valence-electron chi connectivity index (χ3n) is 5.56. The number of sulfonamides is 1. The molecule has 14 nitrogen and oxygen atoms in total. The zero-order valence-electron chi connectivity index (χ0n) is 23.1. The van der Waals surface area contributed by atoms with Crippen LogP contribution in [-0.2, 0) is 35.3 Å². The first-order valence-electron chi connectivity index (χ1n) is 12.4. The molecule has 1 N–H and O–H groups in total. The van der Waals surface area contributed by atoms with E-state index in [0.717, 1.165) is 33.5 Å². The van der Waals surface area contributed by atoms with Crippen molar-refractivity contribution in [3.8, 4) is 16.9 Å². The van der Waals surface area contributed by atoms with Gasteiger partial charge in [-0.15, -0.1) is 5.01 Å². The lowest BCUT2D eigenvalue weighted by Gasteiger charge is -2.13. The highest BCUT2D eigenvalue weighted by Gasteiger charge is 2.35. The number of benzene rings is 2. The fourth-order valence-electron chi connectivity index (χ4n) is 3.39. The quantitative estimate of drug-likeness (QED) is 0.0775. The highest BCUT2D eigenvalue weighted by molar-refractivity contribution is 7.90. The first-order valence-corrected chi connectivity index (χ1v) is 13.9. The summed E-state index contributed by atoms with van der Waals surface area (Å²) in [5, 5.41) is 19.5. The number of carbonyl (C=O) groups is 2. The van der Waals surface area contributed by atoms with Crippen LogP contribution in [0.1, 0.15) is 24.6 Å². The van der Waals surface area contributed by atoms with Gasteiger partial charge in [-0.2, -0.15) is 18.3 Å². The Morgan fingerprint density at radius 3 is 2.37 bits per heavy atom. The molecule has 0 bridgehead atoms. The van der Waals surface area contributed by atoms with Gasteiger partial charge in [-0.25, -0.2) is 22.6 Å². The molecular weight excluding hydrogens is 601 g/mol. The second kappa shape index (κ2) is 13.9. The molecule has 43 heavy (non-hydrogen) atoms. The molecule has 0 atom stereocenters. The summed E-state index contributed by atoms with van der Waals surface area (Å²) in [5.74, 6) is -0.959. The van der Waals surface area contributed by atoms with E-state index in [4.69, 9.17) is 0 Å². The minimum atomic E-state index is -4.71. The summed E-state index contributed by atoms with van der Waals surface area (Å²) in [6.07, 6.45) is -6.19. The Morgan fingerprint density at radius 2 is 1.77 bits per heavy atom. The summed E-state index contributed by atoms with van der Waals surface area (Å²) < 4.78 is 77.6. The highest BCUT2D eigenvalue weighted by Crippen LogP contribution is 2.33. The van der Waals surface area contributed by atoms with Gasteiger partial charge in [-0.1, -0.05) is 29.8 Å². The van der Waals surface area contributed by atoms with E-state index in [2.05, 4.69) is 24.7 Å². The Morgan fingerprint density at radius 1 is 1.12 bits per heavy atom. The van der Waals surface area contributed by atoms with Gasteiger partial charge in [0.25, 0.3) is 16.8 Å². The minimum absolute atomic E-state index is 0.0562. The molecule has 18 heteroatoms. The predicted molar refractivity (Wildman–Crippen MR) is 141 cm³/mol. The van der Waals surface area contributed by atoms with Crippen LogP contribution in [0.4, 0.5) is 18.0 Å². The number of aryl methyl sites for hydroxylation is 1. The van der Waals surface area contributed by atoms with E-state index in [9.17, 15) is 36.4 Å². The van der Waals surface area contributed by atoms with Gasteiger partial charge in [-0.3, -0.25) is 4.79 Å². The molecule has 0 spiro atoms. The first kappa shape index (κ1) is 32.6. The number of rotatable bonds is 12. The fourth-order valence-corrected chi connectivity index (χ4v) is 4.40. The van der Waals surface area contributed by atoms with Crippen LogP contribution < -0.4 is 4.72 Å². The van der Waals surface area contributed by atoms with Gasteiger partial charge >= 0.3 is 12.3 Å². The van der Waals surface area contributed by atoms with E-state index in [1.807, 2.05) is 11.6 Å². The SMILES string of the molecule is CCOC(=O)OCON=[N+]([O-])N(C)CCC(=O)NS(=O)(=O)c1ccc(-n2nc(C(F)(F)F)cc2-c2ccc(C)cc2)cc1. The van der Waals surface area contributed by atoms with E-state index in [0.29, 0.717) is 5.56 Å². The maximum absolute atomic E-state index is 13.4. The molecule has 0 radical (unpaired) electrons. The molecule has 232 valence electrons. The number of alkyl halides is 3. The molecular formula is C25H27F3N6O8S. The number of hydrazine groups is 1. The molecule has 0 unspecified atom stereocenters. The zero-order chi connectivity index (χ0) is 31.8. The zero-order valence-corrected chi connectivity index (χ0v) is 23.9. The Balaban J connectivity index is 1.65. The van der Waals surface area contributed by atoms with Gasteiger partial charge in [0.15, 0.2) is 5.69 Å². The van der Waals surface area contributed by atoms with Crippen molar-refractivity contribution < 1.29 is 50.5 Å². The lowest BCUT2D eigenvalue weighted by Crippen LogP contribution is -2.35. The van der Waals surface area contributed by atoms with Crippen LogP contribution >= 0.6 is 0 Å². The van der Waals surface area contributed by atoms with Crippen LogP contribution in [0.3, 0.4) is 0 Å². The average molecular weight is 629 g/mol. The topological polar surface area (TPSA) is 167 Å². The van der Waals surface area contributed by atoms with Crippen molar-refractivity contribution >= 4 is 22.1 Å². The maximum Gasteiger partial charge on any atom is 0.511 e. The van der Waals surface area contributed by atoms with Crippen LogP contribution in [0, 0.1) is 12.1 Å². The molecule has 0 saturated heterocycles. The molecule has 1 amide bonds. The van der Waals surface area contributed by atoms with Crippen molar-refractivity contribution in [2.75, 3.05) is 27.0 Å². The van der Waals surface area contributed by atoms with Crippen molar-refractivity contribution in [2.24, 2.45) is 5.28 Å². The summed E-state index contributed by atoms with van der Waals surface area (Å²) in [5.41, 5.74) is 0.520. The lowest BCUT2D eigenvalue weighted by atomic mass is 10.1. The van der Waals surface area contributed by atoms with Gasteiger partial charge in [-0.05, 0) is 44.2 Å². The molecule has 0 aliphatic rings. The van der Waals surface area contributed by atoms with Gasteiger partial charge in [0.05, 0.1) is 47.9 Å². The van der Waals surface area contributed by atoms with Crippen LogP contribution in [0.2, 0.25) is 0 Å². The minimum Gasteiger partial charge on any atom is -0.569 e. The van der Waals surface area contributed by atoms with Gasteiger partial charge in [0.2, 0.25) is 11.2 Å². The van der Waals surface area contributed by atoms with Gasteiger partial charge in [0.1, 0.15) is 0 Å². The average Bonchev–Trinajstić information content (AvgIpc) is 3.41. The summed E-state index contributed by atoms with van der Waals surface area (Å²) in [7, 11) is -3.14. The fraction of sp³-hybridized carbons (Fsp3) is 0.320. The standard InChI is InChI=1S/C25H27F3N6O8S/c1-4-40-24(36)41-16-42-31-34(37)32(3)14-13-23(35)30-43(38,39)20-11-9-19(10-12-20)33-21(15-22(29-33)25(26,27)28)18-7-5-17(2)6-8-18/h5-12,15H,4,13-14,16H2,1-3H3,(H,30,35). The molecule has 1 heterocycles. The number of nitrogens with zero attached hydrogens (tertiary/aromatic N) is 5. The summed E-state index contributed by atoms with van der Waals surface area (Å²) in [6.45, 7) is 2.47. The largest absolute Gasteiger partial charge is 0.569 e. The van der Waals surface area contributed by atoms with E-state index in [1.165, 1.54) is 19.2 Å². The molecule has 0 fully saturated rings. The van der Waals surface area contributed by atoms with Gasteiger partial charge in [0, 0.05) is 5.56 Å². The number of aromatic nitrogens is 2. The Labute approximate surface area is 243 Å². The molecule has 0 saturated carbocycles. The second-order valence-electron chi connectivity index (χ2n) is 8.75. The van der Waals surface area contributed by atoms with E-state index < -0.39 is 47.2 Å². The van der Waals surface area contributed by atoms with Crippen LogP contribution in [0.25, 0.3) is 16.9 Å². The van der Waals surface area contributed by atoms with Crippen LogP contribution in [-0.4, -0.2) is 67.2 Å². The number of hydrogen-bond donors (Lipinski definition) is 1. The summed E-state index contributed by atoms with van der Waals surface area (Å²) in [6, 6.07) is 12.4. The number of halogens is 3. The maximum atomic E-state index is 13.4. The number of ether oxygens (including phenoxy) is 2. The third kappa shape index (κ3) is 9.06. The Hall–Kier alpha value is -4.87. The number of carbonyl (C=O) groups excluding carboxylic acids is 2. The van der Waals surface area contributed by atoms with Crippen molar-refractivity contribution in [3.63, 3.8) is 0 Å². The van der Waals surface area contributed by atoms with Crippen LogP contribution in [0.5, 0.6) is 0 Å². The third-order valence-corrected chi connectivity index (χ3v) is 6.95. The van der Waals surface area contributed by atoms with Gasteiger partial charge < -0.3 is 19.5 Å². The van der Waals surface area contributed by atoms with Crippen molar-refractivity contribution in [1.29, 1.82) is 0 Å². The van der Waals surface area contributed by atoms with E-state index in [-0.39, 0.29) is 34.4 Å². The molecule has 3 rings (SSSR count). The normalized spacial score (nSPS) is 12.0.